The van der Waals surface area contributed by atoms with Crippen molar-refractivity contribution in [3.8, 4) is 0 Å². The Morgan fingerprint density at radius 3 is 2.47 bits per heavy atom. The Balaban J connectivity index is 1.50. The Kier molecular flexibility index (Phi) is 9.07. The zero-order valence-electron chi connectivity index (χ0n) is 18.1. The summed E-state index contributed by atoms with van der Waals surface area (Å²) in [5.41, 5.74) is 0. The van der Waals surface area contributed by atoms with Crippen LogP contribution in [0.25, 0.3) is 0 Å². The van der Waals surface area contributed by atoms with Gasteiger partial charge in [0.2, 0.25) is 0 Å². The van der Waals surface area contributed by atoms with Crippen molar-refractivity contribution in [3.63, 3.8) is 0 Å². The van der Waals surface area contributed by atoms with Gasteiger partial charge in [0, 0.05) is 63.3 Å². The molecule has 30 heavy (non-hydrogen) atoms. The standard InChI is InChI=1S/C21H35N5O3S/c1-3-24-8-10-26(11-9-24)19(18-5-4-16-30-18)17(2)23-21(28)20(27)22-6-7-25-12-14-29-15-13-25/h4-5,16-17,19H,3,6-15H2,1-2H3,(H,22,27)(H,23,28)/t17-,19-/m1/s1. The number of likely N-dealkylation sites (N-methyl/N-ethyl adjacent to an activating group) is 1. The average molecular weight is 438 g/mol. The molecule has 2 saturated heterocycles. The first kappa shape index (κ1) is 23.1. The molecule has 1 aromatic heterocycles. The lowest BCUT2D eigenvalue weighted by Crippen LogP contribution is -2.53. The van der Waals surface area contributed by atoms with Crippen LogP contribution in [0.2, 0.25) is 0 Å². The fraction of sp³-hybridized carbons (Fsp3) is 0.714. The molecule has 0 unspecified atom stereocenters. The van der Waals surface area contributed by atoms with Crippen molar-refractivity contribution in [1.82, 2.24) is 25.3 Å². The van der Waals surface area contributed by atoms with E-state index < -0.39 is 11.8 Å². The molecule has 168 valence electrons. The van der Waals surface area contributed by atoms with Crippen LogP contribution in [0.1, 0.15) is 24.8 Å². The summed E-state index contributed by atoms with van der Waals surface area (Å²) in [5.74, 6) is -1.12. The van der Waals surface area contributed by atoms with Gasteiger partial charge in [-0.3, -0.25) is 19.4 Å². The van der Waals surface area contributed by atoms with E-state index in [1.165, 1.54) is 4.88 Å². The number of nitrogens with one attached hydrogen (secondary N) is 2. The molecule has 8 nitrogen and oxygen atoms in total. The van der Waals surface area contributed by atoms with Crippen LogP contribution >= 0.6 is 11.3 Å². The number of piperazine rings is 1. The van der Waals surface area contributed by atoms with Gasteiger partial charge in [0.05, 0.1) is 19.3 Å². The number of carbonyl (C=O) groups excluding carboxylic acids is 2. The molecule has 9 heteroatoms. The molecule has 0 saturated carbocycles. The second kappa shape index (κ2) is 11.8. The summed E-state index contributed by atoms with van der Waals surface area (Å²) in [6, 6.07) is 4.08. The quantitative estimate of drug-likeness (QED) is 0.573. The van der Waals surface area contributed by atoms with E-state index in [4.69, 9.17) is 4.74 Å². The van der Waals surface area contributed by atoms with E-state index in [9.17, 15) is 9.59 Å². The van der Waals surface area contributed by atoms with E-state index in [-0.39, 0.29) is 12.1 Å². The molecule has 2 aliphatic heterocycles. The van der Waals surface area contributed by atoms with Gasteiger partial charge < -0.3 is 20.3 Å². The van der Waals surface area contributed by atoms with Crippen LogP contribution in [-0.2, 0) is 14.3 Å². The van der Waals surface area contributed by atoms with Crippen molar-refractivity contribution in [2.45, 2.75) is 25.9 Å². The lowest BCUT2D eigenvalue weighted by atomic mass is 10.0. The zero-order chi connectivity index (χ0) is 21.3. The molecular weight excluding hydrogens is 402 g/mol. The Morgan fingerprint density at radius 1 is 1.10 bits per heavy atom. The lowest BCUT2D eigenvalue weighted by molar-refractivity contribution is -0.139. The molecule has 2 fully saturated rings. The highest BCUT2D eigenvalue weighted by Crippen LogP contribution is 2.29. The van der Waals surface area contributed by atoms with E-state index in [0.29, 0.717) is 6.54 Å². The van der Waals surface area contributed by atoms with Gasteiger partial charge >= 0.3 is 11.8 Å². The summed E-state index contributed by atoms with van der Waals surface area (Å²) in [5, 5.41) is 7.76. The highest BCUT2D eigenvalue weighted by atomic mass is 32.1. The second-order valence-corrected chi connectivity index (χ2v) is 8.88. The summed E-state index contributed by atoms with van der Waals surface area (Å²) < 4.78 is 5.33. The van der Waals surface area contributed by atoms with E-state index >= 15 is 0 Å². The summed E-state index contributed by atoms with van der Waals surface area (Å²) in [4.78, 5) is 33.1. The molecule has 0 spiro atoms. The van der Waals surface area contributed by atoms with Gasteiger partial charge in [-0.05, 0) is 24.9 Å². The molecule has 2 N–H and O–H groups in total. The maximum absolute atomic E-state index is 12.5. The molecule has 2 atom stereocenters. The van der Waals surface area contributed by atoms with Gasteiger partial charge in [-0.1, -0.05) is 13.0 Å². The van der Waals surface area contributed by atoms with Gasteiger partial charge in [-0.15, -0.1) is 11.3 Å². The number of carbonyl (C=O) groups is 2. The molecule has 0 radical (unpaired) electrons. The van der Waals surface area contributed by atoms with Crippen LogP contribution in [0.15, 0.2) is 17.5 Å². The van der Waals surface area contributed by atoms with Crippen molar-refractivity contribution < 1.29 is 14.3 Å². The number of nitrogens with zero attached hydrogens (tertiary/aromatic N) is 3. The van der Waals surface area contributed by atoms with E-state index in [1.54, 1.807) is 11.3 Å². The molecule has 3 rings (SSSR count). The molecule has 0 aliphatic carbocycles. The molecule has 2 amide bonds. The van der Waals surface area contributed by atoms with Gasteiger partial charge in [0.25, 0.3) is 0 Å². The van der Waals surface area contributed by atoms with Crippen LogP contribution in [0.4, 0.5) is 0 Å². The number of rotatable bonds is 8. The number of hydrogen-bond acceptors (Lipinski definition) is 7. The average Bonchev–Trinajstić information content (AvgIpc) is 3.29. The highest BCUT2D eigenvalue weighted by molar-refractivity contribution is 7.10. The SMILES string of the molecule is CCN1CCN([C@@H](c2cccs2)[C@@H](C)NC(=O)C(=O)NCCN2CCOCC2)CC1. The van der Waals surface area contributed by atoms with E-state index in [2.05, 4.69) is 43.7 Å². The minimum atomic E-state index is -0.559. The molecule has 2 aliphatic rings. The smallest absolute Gasteiger partial charge is 0.309 e. The van der Waals surface area contributed by atoms with Gasteiger partial charge in [0.15, 0.2) is 0 Å². The Bertz CT molecular complexity index is 658. The Labute approximate surface area is 183 Å². The number of thiophene rings is 1. The topological polar surface area (TPSA) is 77.1 Å². The first-order chi connectivity index (χ1) is 14.6. The molecule has 0 aromatic carbocycles. The highest BCUT2D eigenvalue weighted by Gasteiger charge is 2.31. The van der Waals surface area contributed by atoms with Crippen LogP contribution < -0.4 is 10.6 Å². The fourth-order valence-electron chi connectivity index (χ4n) is 4.14. The normalized spacial score (nSPS) is 21.1. The van der Waals surface area contributed by atoms with Gasteiger partial charge in [-0.2, -0.15) is 0 Å². The Hall–Kier alpha value is -1.52. The van der Waals surface area contributed by atoms with Crippen molar-refractivity contribution in [3.05, 3.63) is 22.4 Å². The number of amides is 2. The Morgan fingerprint density at radius 2 is 1.83 bits per heavy atom. The second-order valence-electron chi connectivity index (χ2n) is 7.90. The lowest BCUT2D eigenvalue weighted by Gasteiger charge is -2.41. The third-order valence-electron chi connectivity index (χ3n) is 5.94. The molecule has 0 bridgehead atoms. The number of hydrogen-bond donors (Lipinski definition) is 2. The maximum atomic E-state index is 12.5. The summed E-state index contributed by atoms with van der Waals surface area (Å²) >= 11 is 1.70. The predicted octanol–water partition coefficient (Wildman–Crippen LogP) is 0.380. The van der Waals surface area contributed by atoms with Crippen LogP contribution in [0.3, 0.4) is 0 Å². The van der Waals surface area contributed by atoms with Crippen LogP contribution in [-0.4, -0.2) is 105 Å². The first-order valence-electron chi connectivity index (χ1n) is 11.0. The van der Waals surface area contributed by atoms with Crippen molar-refractivity contribution in [1.29, 1.82) is 0 Å². The van der Waals surface area contributed by atoms with Gasteiger partial charge in [-0.25, -0.2) is 0 Å². The maximum Gasteiger partial charge on any atom is 0.309 e. The third-order valence-corrected chi connectivity index (χ3v) is 6.88. The minimum Gasteiger partial charge on any atom is -0.379 e. The van der Waals surface area contributed by atoms with E-state index in [0.717, 1.165) is 65.6 Å². The third kappa shape index (κ3) is 6.49. The first-order valence-corrected chi connectivity index (χ1v) is 11.8. The summed E-state index contributed by atoms with van der Waals surface area (Å²) in [7, 11) is 0. The molecule has 1 aromatic rings. The van der Waals surface area contributed by atoms with Gasteiger partial charge in [0.1, 0.15) is 0 Å². The molecule has 3 heterocycles. The monoisotopic (exact) mass is 437 g/mol. The van der Waals surface area contributed by atoms with E-state index in [1.807, 2.05) is 13.0 Å². The van der Waals surface area contributed by atoms with Crippen molar-refractivity contribution >= 4 is 23.2 Å². The largest absolute Gasteiger partial charge is 0.379 e. The summed E-state index contributed by atoms with van der Waals surface area (Å²) in [6.07, 6.45) is 0. The number of ether oxygens (including phenoxy) is 1. The van der Waals surface area contributed by atoms with Crippen molar-refractivity contribution in [2.75, 3.05) is 72.1 Å². The summed E-state index contributed by atoms with van der Waals surface area (Å²) in [6.45, 7) is 13.6. The van der Waals surface area contributed by atoms with Crippen molar-refractivity contribution in [2.24, 2.45) is 0 Å². The fourth-order valence-corrected chi connectivity index (χ4v) is 5.11. The number of morpholine rings is 1. The predicted molar refractivity (Wildman–Crippen MR) is 119 cm³/mol. The molecular formula is C21H35N5O3S. The van der Waals surface area contributed by atoms with Crippen LogP contribution in [0.5, 0.6) is 0 Å². The minimum absolute atomic E-state index is 0.0779. The van der Waals surface area contributed by atoms with Crippen LogP contribution in [0, 0.1) is 0 Å². The zero-order valence-corrected chi connectivity index (χ0v) is 19.0.